The normalized spacial score (nSPS) is 16.4. The van der Waals surface area contributed by atoms with E-state index in [4.69, 9.17) is 9.47 Å². The molecule has 0 aliphatic carbocycles. The van der Waals surface area contributed by atoms with E-state index in [9.17, 15) is 14.0 Å². The number of anilines is 1. The lowest BCUT2D eigenvalue weighted by atomic mass is 10.1. The Kier molecular flexibility index (Phi) is 4.20. The van der Waals surface area contributed by atoms with Crippen molar-refractivity contribution in [1.82, 2.24) is 0 Å². The van der Waals surface area contributed by atoms with Crippen molar-refractivity contribution >= 4 is 17.6 Å². The van der Waals surface area contributed by atoms with Crippen molar-refractivity contribution in [1.29, 1.82) is 0 Å². The maximum absolute atomic E-state index is 13.4. The van der Waals surface area contributed by atoms with Gasteiger partial charge in [0.15, 0.2) is 6.10 Å². The van der Waals surface area contributed by atoms with Gasteiger partial charge in [0.25, 0.3) is 5.91 Å². The van der Waals surface area contributed by atoms with Crippen LogP contribution in [-0.4, -0.2) is 25.1 Å². The molecule has 2 aromatic rings. The summed E-state index contributed by atoms with van der Waals surface area (Å²) in [6.45, 7) is 1.83. The number of fused-ring (bicyclic) bond motifs is 1. The summed E-state index contributed by atoms with van der Waals surface area (Å²) >= 11 is 0. The summed E-state index contributed by atoms with van der Waals surface area (Å²) < 4.78 is 23.7. The predicted octanol–water partition coefficient (Wildman–Crippen LogP) is 2.93. The molecule has 6 heteroatoms. The van der Waals surface area contributed by atoms with E-state index in [0.29, 0.717) is 22.6 Å². The third kappa shape index (κ3) is 2.95. The van der Waals surface area contributed by atoms with Crippen LogP contribution in [0.2, 0.25) is 0 Å². The van der Waals surface area contributed by atoms with Gasteiger partial charge in [0, 0.05) is 0 Å². The van der Waals surface area contributed by atoms with Crippen molar-refractivity contribution in [2.24, 2.45) is 0 Å². The van der Waals surface area contributed by atoms with E-state index in [2.05, 4.69) is 0 Å². The lowest BCUT2D eigenvalue weighted by Crippen LogP contribution is -2.44. The van der Waals surface area contributed by atoms with Gasteiger partial charge in [0.1, 0.15) is 11.6 Å². The highest BCUT2D eigenvalue weighted by molar-refractivity contribution is 6.01. The molecule has 124 valence electrons. The lowest BCUT2D eigenvalue weighted by Gasteiger charge is -2.33. The molecule has 0 N–H and O–H groups in total. The van der Waals surface area contributed by atoms with E-state index < -0.39 is 12.1 Å². The van der Waals surface area contributed by atoms with Gasteiger partial charge < -0.3 is 14.4 Å². The maximum Gasteiger partial charge on any atom is 0.337 e. The van der Waals surface area contributed by atoms with Crippen molar-refractivity contribution in [3.63, 3.8) is 0 Å². The number of methoxy groups -OCH3 is 1. The van der Waals surface area contributed by atoms with Crippen LogP contribution in [0.5, 0.6) is 5.75 Å². The van der Waals surface area contributed by atoms with Crippen LogP contribution in [0.3, 0.4) is 0 Å². The van der Waals surface area contributed by atoms with E-state index in [-0.39, 0.29) is 18.3 Å². The molecule has 1 aliphatic rings. The summed E-state index contributed by atoms with van der Waals surface area (Å²) in [5.74, 6) is -0.640. The van der Waals surface area contributed by atoms with Crippen LogP contribution in [-0.2, 0) is 16.1 Å². The molecule has 1 aliphatic heterocycles. The molecule has 3 rings (SSSR count). The standard InChI is InChI=1S/C18H16FNO4/c1-11-17(21)20(10-12-4-3-5-14(19)8-12)15-9-13(18(22)23-2)6-7-16(15)24-11/h3-9,11H,10H2,1-2H3. The smallest absolute Gasteiger partial charge is 0.337 e. The summed E-state index contributed by atoms with van der Waals surface area (Å²) in [5, 5.41) is 0. The number of benzene rings is 2. The number of carbonyl (C=O) groups is 2. The molecule has 0 radical (unpaired) electrons. The summed E-state index contributed by atoms with van der Waals surface area (Å²) in [6.07, 6.45) is -0.657. The van der Waals surface area contributed by atoms with Crippen LogP contribution in [0.4, 0.5) is 10.1 Å². The summed E-state index contributed by atoms with van der Waals surface area (Å²) in [4.78, 5) is 25.7. The Morgan fingerprint density at radius 3 is 2.79 bits per heavy atom. The average molecular weight is 329 g/mol. The lowest BCUT2D eigenvalue weighted by molar-refractivity contribution is -0.125. The number of halogens is 1. The summed E-state index contributed by atoms with van der Waals surface area (Å²) in [6, 6.07) is 10.8. The van der Waals surface area contributed by atoms with Crippen molar-refractivity contribution in [3.8, 4) is 5.75 Å². The molecule has 24 heavy (non-hydrogen) atoms. The number of hydrogen-bond donors (Lipinski definition) is 0. The van der Waals surface area contributed by atoms with Gasteiger partial charge in [-0.1, -0.05) is 12.1 Å². The highest BCUT2D eigenvalue weighted by atomic mass is 19.1. The van der Waals surface area contributed by atoms with E-state index in [0.717, 1.165) is 0 Å². The molecule has 5 nitrogen and oxygen atoms in total. The molecule has 0 bridgehead atoms. The Bertz CT molecular complexity index is 805. The van der Waals surface area contributed by atoms with E-state index in [1.54, 1.807) is 37.3 Å². The first-order valence-corrected chi connectivity index (χ1v) is 7.44. The van der Waals surface area contributed by atoms with Crippen LogP contribution in [0, 0.1) is 5.82 Å². The van der Waals surface area contributed by atoms with Gasteiger partial charge >= 0.3 is 5.97 Å². The first-order valence-electron chi connectivity index (χ1n) is 7.44. The Balaban J connectivity index is 2.02. The first kappa shape index (κ1) is 16.0. The molecular weight excluding hydrogens is 313 g/mol. The zero-order valence-electron chi connectivity index (χ0n) is 13.3. The molecule has 0 saturated carbocycles. The van der Waals surface area contributed by atoms with Crippen LogP contribution >= 0.6 is 0 Å². The van der Waals surface area contributed by atoms with E-state index in [1.807, 2.05) is 0 Å². The number of esters is 1. The number of ether oxygens (including phenoxy) is 2. The largest absolute Gasteiger partial charge is 0.479 e. The molecule has 2 aromatic carbocycles. The van der Waals surface area contributed by atoms with Crippen molar-refractivity contribution in [2.75, 3.05) is 12.0 Å². The van der Waals surface area contributed by atoms with Gasteiger partial charge in [0.2, 0.25) is 0 Å². The fraction of sp³-hybridized carbons (Fsp3) is 0.222. The highest BCUT2D eigenvalue weighted by Gasteiger charge is 2.32. The molecule has 0 fully saturated rings. The zero-order valence-corrected chi connectivity index (χ0v) is 13.3. The van der Waals surface area contributed by atoms with Gasteiger partial charge in [0.05, 0.1) is 24.9 Å². The van der Waals surface area contributed by atoms with Crippen molar-refractivity contribution in [2.45, 2.75) is 19.6 Å². The number of hydrogen-bond acceptors (Lipinski definition) is 4. The predicted molar refractivity (Wildman–Crippen MR) is 85.5 cm³/mol. The molecule has 1 unspecified atom stereocenters. The fourth-order valence-corrected chi connectivity index (χ4v) is 2.63. The third-order valence-corrected chi connectivity index (χ3v) is 3.82. The number of carbonyl (C=O) groups excluding carboxylic acids is 2. The second-order valence-corrected chi connectivity index (χ2v) is 5.49. The summed E-state index contributed by atoms with van der Waals surface area (Å²) in [5.41, 5.74) is 1.42. The van der Waals surface area contributed by atoms with Crippen LogP contribution in [0.1, 0.15) is 22.8 Å². The molecule has 0 saturated heterocycles. The second-order valence-electron chi connectivity index (χ2n) is 5.49. The molecule has 1 atom stereocenters. The van der Waals surface area contributed by atoms with Crippen LogP contribution in [0.25, 0.3) is 0 Å². The molecule has 0 spiro atoms. The number of rotatable bonds is 3. The minimum Gasteiger partial charge on any atom is -0.479 e. The minimum atomic E-state index is -0.657. The number of amides is 1. The third-order valence-electron chi connectivity index (χ3n) is 3.82. The second kappa shape index (κ2) is 6.31. The molecule has 1 heterocycles. The number of nitrogens with zero attached hydrogens (tertiary/aromatic N) is 1. The fourth-order valence-electron chi connectivity index (χ4n) is 2.63. The maximum atomic E-state index is 13.4. The van der Waals surface area contributed by atoms with Crippen molar-refractivity contribution < 1.29 is 23.5 Å². The Hall–Kier alpha value is -2.89. The quantitative estimate of drug-likeness (QED) is 0.813. The first-order chi connectivity index (χ1) is 11.5. The molecule has 0 aromatic heterocycles. The SMILES string of the molecule is COC(=O)c1ccc2c(c1)N(Cc1cccc(F)c1)C(=O)C(C)O2. The van der Waals surface area contributed by atoms with E-state index in [1.165, 1.54) is 24.1 Å². The Labute approximate surface area is 138 Å². The molecule has 1 amide bonds. The van der Waals surface area contributed by atoms with Crippen LogP contribution in [0.15, 0.2) is 42.5 Å². The van der Waals surface area contributed by atoms with E-state index >= 15 is 0 Å². The van der Waals surface area contributed by atoms with Gasteiger partial charge in [-0.05, 0) is 42.8 Å². The van der Waals surface area contributed by atoms with Gasteiger partial charge in [-0.3, -0.25) is 4.79 Å². The Morgan fingerprint density at radius 2 is 2.08 bits per heavy atom. The van der Waals surface area contributed by atoms with Gasteiger partial charge in [-0.25, -0.2) is 9.18 Å². The average Bonchev–Trinajstić information content (AvgIpc) is 2.58. The van der Waals surface area contributed by atoms with Crippen molar-refractivity contribution in [3.05, 3.63) is 59.4 Å². The zero-order chi connectivity index (χ0) is 17.3. The topological polar surface area (TPSA) is 55.8 Å². The monoisotopic (exact) mass is 329 g/mol. The van der Waals surface area contributed by atoms with Gasteiger partial charge in [-0.15, -0.1) is 0 Å². The van der Waals surface area contributed by atoms with Gasteiger partial charge in [-0.2, -0.15) is 0 Å². The minimum absolute atomic E-state index is 0.182. The Morgan fingerprint density at radius 1 is 1.29 bits per heavy atom. The molecular formula is C18H16FNO4. The van der Waals surface area contributed by atoms with Crippen LogP contribution < -0.4 is 9.64 Å². The summed E-state index contributed by atoms with van der Waals surface area (Å²) in [7, 11) is 1.29. The highest BCUT2D eigenvalue weighted by Crippen LogP contribution is 2.36.